The van der Waals surface area contributed by atoms with Gasteiger partial charge in [-0.1, -0.05) is 6.92 Å². The summed E-state index contributed by atoms with van der Waals surface area (Å²) in [5.41, 5.74) is 0. The van der Waals surface area contributed by atoms with Crippen LogP contribution in [0.3, 0.4) is 0 Å². The molecule has 0 radical (unpaired) electrons. The van der Waals surface area contributed by atoms with Gasteiger partial charge in [0.25, 0.3) is 0 Å². The van der Waals surface area contributed by atoms with Gasteiger partial charge in [0.15, 0.2) is 0 Å². The zero-order valence-corrected chi connectivity index (χ0v) is 5.46. The molecule has 0 aromatic carbocycles. The highest BCUT2D eigenvalue weighted by Crippen LogP contribution is 2.34. The Balaban J connectivity index is 3.48. The van der Waals surface area contributed by atoms with E-state index < -0.39 is 7.14 Å². The van der Waals surface area contributed by atoms with Crippen LogP contribution < -0.4 is 0 Å². The molecule has 0 saturated heterocycles. The van der Waals surface area contributed by atoms with Gasteiger partial charge in [0.1, 0.15) is 0 Å². The zero-order chi connectivity index (χ0) is 5.21. The lowest BCUT2D eigenvalue weighted by atomic mass is 11.0. The monoisotopic (exact) mass is 106 g/mol. The van der Waals surface area contributed by atoms with Crippen molar-refractivity contribution in [3.63, 3.8) is 0 Å². The largest absolute Gasteiger partial charge is 0.324 e. The summed E-state index contributed by atoms with van der Waals surface area (Å²) in [4.78, 5) is 0. The summed E-state index contributed by atoms with van der Waals surface area (Å²) in [5.74, 6) is 0. The standard InChI is InChI=1S/C4H11OP/c1-4-6(2,3)5/h4H2,1-3H3. The van der Waals surface area contributed by atoms with E-state index in [4.69, 9.17) is 0 Å². The van der Waals surface area contributed by atoms with Crippen LogP contribution in [0.15, 0.2) is 0 Å². The van der Waals surface area contributed by atoms with E-state index in [0.29, 0.717) is 0 Å². The average Bonchev–Trinajstić information content (AvgIpc) is 1.35. The highest BCUT2D eigenvalue weighted by atomic mass is 31.2. The van der Waals surface area contributed by atoms with Crippen LogP contribution in [0.4, 0.5) is 0 Å². The van der Waals surface area contributed by atoms with Crippen molar-refractivity contribution < 1.29 is 4.57 Å². The molecule has 6 heavy (non-hydrogen) atoms. The minimum atomic E-state index is -1.65. The van der Waals surface area contributed by atoms with Crippen molar-refractivity contribution in [2.75, 3.05) is 19.5 Å². The average molecular weight is 106 g/mol. The van der Waals surface area contributed by atoms with Gasteiger partial charge in [0.05, 0.1) is 7.14 Å². The van der Waals surface area contributed by atoms with Crippen LogP contribution in [0.2, 0.25) is 0 Å². The van der Waals surface area contributed by atoms with Gasteiger partial charge in [-0.3, -0.25) is 0 Å². The maximum absolute atomic E-state index is 10.6. The third kappa shape index (κ3) is 4.23. The van der Waals surface area contributed by atoms with Crippen LogP contribution in [0.25, 0.3) is 0 Å². The van der Waals surface area contributed by atoms with Gasteiger partial charge in [-0.15, -0.1) is 0 Å². The molecule has 0 aromatic heterocycles. The van der Waals surface area contributed by atoms with Crippen molar-refractivity contribution in [2.45, 2.75) is 6.92 Å². The Labute approximate surface area is 39.1 Å². The lowest BCUT2D eigenvalue weighted by Crippen LogP contribution is -1.74. The normalized spacial score (nSPS) is 11.8. The minimum absolute atomic E-state index is 0.826. The molecule has 0 heterocycles. The quantitative estimate of drug-likeness (QED) is 0.464. The van der Waals surface area contributed by atoms with E-state index in [-0.39, 0.29) is 0 Å². The van der Waals surface area contributed by atoms with Crippen molar-refractivity contribution in [1.82, 2.24) is 0 Å². The Hall–Kier alpha value is 0.230. The molecule has 0 N–H and O–H groups in total. The Kier molecular flexibility index (Phi) is 1.86. The molecule has 0 aromatic rings. The maximum atomic E-state index is 10.6. The fraction of sp³-hybridized carbons (Fsp3) is 1.00. The molecule has 0 unspecified atom stereocenters. The maximum Gasteiger partial charge on any atom is 0.0816 e. The van der Waals surface area contributed by atoms with E-state index in [1.54, 1.807) is 13.3 Å². The molecule has 38 valence electrons. The Morgan fingerprint density at radius 2 is 1.67 bits per heavy atom. The summed E-state index contributed by atoms with van der Waals surface area (Å²) >= 11 is 0. The lowest BCUT2D eigenvalue weighted by Gasteiger charge is -1.95. The first-order valence-corrected chi connectivity index (χ1v) is 4.89. The first kappa shape index (κ1) is 6.23. The van der Waals surface area contributed by atoms with Crippen LogP contribution >= 0.6 is 7.14 Å². The smallest absolute Gasteiger partial charge is 0.0816 e. The highest BCUT2D eigenvalue weighted by molar-refractivity contribution is 7.62. The van der Waals surface area contributed by atoms with Crippen LogP contribution in [-0.4, -0.2) is 19.5 Å². The zero-order valence-electron chi connectivity index (χ0n) is 4.56. The summed E-state index contributed by atoms with van der Waals surface area (Å²) in [7, 11) is -1.65. The molecule has 2 heteroatoms. The molecule has 0 fully saturated rings. The number of hydrogen-bond acceptors (Lipinski definition) is 1. The van der Waals surface area contributed by atoms with E-state index in [1.807, 2.05) is 6.92 Å². The number of hydrogen-bond donors (Lipinski definition) is 0. The van der Waals surface area contributed by atoms with Crippen LogP contribution in [0, 0.1) is 0 Å². The first-order chi connectivity index (χ1) is 2.56. The van der Waals surface area contributed by atoms with Gasteiger partial charge in [-0.05, 0) is 19.5 Å². The molecule has 0 aliphatic heterocycles. The topological polar surface area (TPSA) is 17.1 Å². The second-order valence-electron chi connectivity index (χ2n) is 1.89. The van der Waals surface area contributed by atoms with Gasteiger partial charge in [-0.2, -0.15) is 0 Å². The molecular formula is C4H11OP. The molecule has 0 rings (SSSR count). The fourth-order valence-electron chi connectivity index (χ4n) is 0. The summed E-state index contributed by atoms with van der Waals surface area (Å²) in [6.07, 6.45) is 0.826. The third-order valence-electron chi connectivity index (χ3n) is 0.762. The van der Waals surface area contributed by atoms with Crippen molar-refractivity contribution in [2.24, 2.45) is 0 Å². The summed E-state index contributed by atoms with van der Waals surface area (Å²) in [6, 6.07) is 0. The lowest BCUT2D eigenvalue weighted by molar-refractivity contribution is 0.583. The van der Waals surface area contributed by atoms with Crippen LogP contribution in [-0.2, 0) is 4.57 Å². The highest BCUT2D eigenvalue weighted by Gasteiger charge is 1.98. The van der Waals surface area contributed by atoms with Crippen LogP contribution in [0.1, 0.15) is 6.92 Å². The van der Waals surface area contributed by atoms with E-state index in [9.17, 15) is 4.57 Å². The fourth-order valence-corrected chi connectivity index (χ4v) is 0. The molecule has 0 aliphatic rings. The Bertz CT molecular complexity index is 71.6. The van der Waals surface area contributed by atoms with E-state index >= 15 is 0 Å². The van der Waals surface area contributed by atoms with Gasteiger partial charge in [-0.25, -0.2) is 0 Å². The predicted molar refractivity (Wildman–Crippen MR) is 30.0 cm³/mol. The van der Waals surface area contributed by atoms with Crippen molar-refractivity contribution in [1.29, 1.82) is 0 Å². The Morgan fingerprint density at radius 3 is 1.67 bits per heavy atom. The van der Waals surface area contributed by atoms with E-state index in [1.165, 1.54) is 0 Å². The summed E-state index contributed by atoms with van der Waals surface area (Å²) in [5, 5.41) is 0. The van der Waals surface area contributed by atoms with Gasteiger partial charge < -0.3 is 4.57 Å². The van der Waals surface area contributed by atoms with Crippen molar-refractivity contribution in [3.05, 3.63) is 0 Å². The minimum Gasteiger partial charge on any atom is -0.324 e. The molecule has 0 aliphatic carbocycles. The van der Waals surface area contributed by atoms with E-state index in [2.05, 4.69) is 0 Å². The Morgan fingerprint density at radius 1 is 1.50 bits per heavy atom. The SMILES string of the molecule is CCP(C)(C)=O. The molecule has 0 bridgehead atoms. The third-order valence-corrected chi connectivity index (χ3v) is 2.28. The number of rotatable bonds is 1. The van der Waals surface area contributed by atoms with Gasteiger partial charge >= 0.3 is 0 Å². The second-order valence-corrected chi connectivity index (χ2v) is 5.67. The molecule has 0 saturated carbocycles. The van der Waals surface area contributed by atoms with E-state index in [0.717, 1.165) is 6.16 Å². The van der Waals surface area contributed by atoms with Crippen molar-refractivity contribution >= 4 is 7.14 Å². The van der Waals surface area contributed by atoms with Gasteiger partial charge in [0.2, 0.25) is 0 Å². The molecule has 0 spiro atoms. The van der Waals surface area contributed by atoms with Crippen molar-refractivity contribution in [3.8, 4) is 0 Å². The molecule has 0 amide bonds. The first-order valence-electron chi connectivity index (χ1n) is 2.10. The molecular weight excluding hydrogens is 95.0 g/mol. The molecule has 1 nitrogen and oxygen atoms in total. The second kappa shape index (κ2) is 1.79. The molecule has 0 atom stereocenters. The predicted octanol–water partition coefficient (Wildman–Crippen LogP) is 1.63. The summed E-state index contributed by atoms with van der Waals surface area (Å²) < 4.78 is 10.6. The van der Waals surface area contributed by atoms with Gasteiger partial charge in [0, 0.05) is 0 Å². The van der Waals surface area contributed by atoms with Crippen LogP contribution in [0.5, 0.6) is 0 Å². The summed E-state index contributed by atoms with van der Waals surface area (Å²) in [6.45, 7) is 5.54.